The fourth-order valence-corrected chi connectivity index (χ4v) is 1.78. The largest absolute Gasteiger partial charge is 0.383 e. The number of rotatable bonds is 7. The Morgan fingerprint density at radius 2 is 2.19 bits per heavy atom. The lowest BCUT2D eigenvalue weighted by Gasteiger charge is -2.14. The van der Waals surface area contributed by atoms with Gasteiger partial charge in [-0.05, 0) is 13.0 Å². The van der Waals surface area contributed by atoms with Gasteiger partial charge in [-0.2, -0.15) is 0 Å². The predicted molar refractivity (Wildman–Crippen MR) is 80.6 cm³/mol. The second-order valence-electron chi connectivity index (χ2n) is 4.28. The van der Waals surface area contributed by atoms with Crippen LogP contribution in [0.1, 0.15) is 17.3 Å². The minimum absolute atomic E-state index is 0.286. The van der Waals surface area contributed by atoms with Crippen molar-refractivity contribution in [1.82, 2.24) is 15.6 Å². The number of amides is 2. The molecule has 1 atom stereocenters. The van der Waals surface area contributed by atoms with Gasteiger partial charge in [0.2, 0.25) is 5.91 Å². The third-order valence-corrected chi connectivity index (χ3v) is 2.97. The molecule has 116 valence electrons. The van der Waals surface area contributed by atoms with Gasteiger partial charge in [-0.25, -0.2) is 4.98 Å². The molecule has 0 saturated carbocycles. The first kappa shape index (κ1) is 17.2. The fraction of sp³-hybridized carbons (Fsp3) is 0.462. The molecule has 7 nitrogen and oxygen atoms in total. The van der Waals surface area contributed by atoms with E-state index in [0.29, 0.717) is 24.0 Å². The van der Waals surface area contributed by atoms with Crippen molar-refractivity contribution in [2.45, 2.75) is 13.0 Å². The quantitative estimate of drug-likeness (QED) is 0.643. The maximum Gasteiger partial charge on any atom is 0.253 e. The Bertz CT molecular complexity index is 510. The van der Waals surface area contributed by atoms with Crippen molar-refractivity contribution in [3.8, 4) is 0 Å². The summed E-state index contributed by atoms with van der Waals surface area (Å²) in [6, 6.07) is 0.822. The van der Waals surface area contributed by atoms with E-state index in [4.69, 9.17) is 16.3 Å². The van der Waals surface area contributed by atoms with Crippen molar-refractivity contribution < 1.29 is 14.3 Å². The molecular weight excluding hydrogens is 296 g/mol. The van der Waals surface area contributed by atoms with Crippen molar-refractivity contribution in [1.29, 1.82) is 0 Å². The monoisotopic (exact) mass is 314 g/mol. The molecule has 0 saturated heterocycles. The molecule has 3 N–H and O–H groups in total. The zero-order valence-electron chi connectivity index (χ0n) is 12.2. The molecule has 0 radical (unpaired) electrons. The van der Waals surface area contributed by atoms with E-state index in [1.54, 1.807) is 21.1 Å². The summed E-state index contributed by atoms with van der Waals surface area (Å²) in [6.45, 7) is 2.40. The van der Waals surface area contributed by atoms with Gasteiger partial charge >= 0.3 is 0 Å². The third kappa shape index (κ3) is 5.20. The Balaban J connectivity index is 2.59. The summed E-state index contributed by atoms with van der Waals surface area (Å²) in [6.07, 6.45) is 1.39. The SMILES string of the molecule is CNc1ncc(C(=O)NC(C)C(=O)NCCOC)cc1Cl. The molecule has 0 fully saturated rings. The van der Waals surface area contributed by atoms with Crippen LogP contribution in [0.15, 0.2) is 12.3 Å². The highest BCUT2D eigenvalue weighted by Gasteiger charge is 2.17. The van der Waals surface area contributed by atoms with E-state index < -0.39 is 11.9 Å². The highest BCUT2D eigenvalue weighted by atomic mass is 35.5. The molecule has 21 heavy (non-hydrogen) atoms. The summed E-state index contributed by atoms with van der Waals surface area (Å²) >= 11 is 5.96. The van der Waals surface area contributed by atoms with Gasteiger partial charge in [-0.1, -0.05) is 11.6 Å². The maximum atomic E-state index is 12.0. The zero-order chi connectivity index (χ0) is 15.8. The first-order valence-corrected chi connectivity index (χ1v) is 6.78. The van der Waals surface area contributed by atoms with Crippen LogP contribution < -0.4 is 16.0 Å². The lowest BCUT2D eigenvalue weighted by Crippen LogP contribution is -2.45. The van der Waals surface area contributed by atoms with Crippen LogP contribution in [0.2, 0.25) is 5.02 Å². The molecule has 0 bridgehead atoms. The van der Waals surface area contributed by atoms with Crippen LogP contribution in [0.3, 0.4) is 0 Å². The third-order valence-electron chi connectivity index (χ3n) is 2.69. The number of pyridine rings is 1. The number of halogens is 1. The van der Waals surface area contributed by atoms with Crippen LogP contribution in [0.25, 0.3) is 0 Å². The van der Waals surface area contributed by atoms with Crippen LogP contribution in [0.4, 0.5) is 5.82 Å². The zero-order valence-corrected chi connectivity index (χ0v) is 13.0. The second-order valence-corrected chi connectivity index (χ2v) is 4.69. The molecule has 0 aliphatic heterocycles. The van der Waals surface area contributed by atoms with Gasteiger partial charge in [0, 0.05) is 26.9 Å². The molecule has 2 amide bonds. The average molecular weight is 315 g/mol. The second kappa shape index (κ2) is 8.43. The van der Waals surface area contributed by atoms with Crippen LogP contribution in [-0.2, 0) is 9.53 Å². The lowest BCUT2D eigenvalue weighted by atomic mass is 10.2. The summed E-state index contributed by atoms with van der Waals surface area (Å²) in [5, 5.41) is 8.35. The standard InChI is InChI=1S/C13H19ClN4O3/c1-8(12(19)16-4-5-21-3)18-13(20)9-6-10(14)11(15-2)17-7-9/h6-8H,4-5H2,1-3H3,(H,15,17)(H,16,19)(H,18,20). The number of methoxy groups -OCH3 is 1. The topological polar surface area (TPSA) is 92.4 Å². The molecular formula is C13H19ClN4O3. The number of nitrogens with zero attached hydrogens (tertiary/aromatic N) is 1. The van der Waals surface area contributed by atoms with Gasteiger partial charge in [-0.3, -0.25) is 9.59 Å². The minimum atomic E-state index is -0.669. The molecule has 0 aliphatic rings. The van der Waals surface area contributed by atoms with E-state index in [2.05, 4.69) is 20.9 Å². The van der Waals surface area contributed by atoms with Gasteiger partial charge in [0.15, 0.2) is 0 Å². The summed E-state index contributed by atoms with van der Waals surface area (Å²) < 4.78 is 4.83. The maximum absolute atomic E-state index is 12.0. The first-order chi connectivity index (χ1) is 9.99. The van der Waals surface area contributed by atoms with E-state index in [9.17, 15) is 9.59 Å². The summed E-state index contributed by atoms with van der Waals surface area (Å²) in [7, 11) is 3.23. The molecule has 1 heterocycles. The Kier molecular flexibility index (Phi) is 6.90. The number of carbonyl (C=O) groups excluding carboxylic acids is 2. The number of aromatic nitrogens is 1. The van der Waals surface area contributed by atoms with E-state index in [0.717, 1.165) is 0 Å². The molecule has 1 unspecified atom stereocenters. The highest BCUT2D eigenvalue weighted by Crippen LogP contribution is 2.19. The van der Waals surface area contributed by atoms with E-state index >= 15 is 0 Å². The van der Waals surface area contributed by atoms with Gasteiger partial charge in [0.05, 0.1) is 17.2 Å². The van der Waals surface area contributed by atoms with E-state index in [-0.39, 0.29) is 11.5 Å². The summed E-state index contributed by atoms with van der Waals surface area (Å²) in [5.74, 6) is -0.216. The minimum Gasteiger partial charge on any atom is -0.383 e. The Morgan fingerprint density at radius 3 is 2.76 bits per heavy atom. The van der Waals surface area contributed by atoms with Crippen LogP contribution in [0, 0.1) is 0 Å². The predicted octanol–water partition coefficient (Wildman–Crippen LogP) is 0.658. The van der Waals surface area contributed by atoms with Crippen LogP contribution in [0.5, 0.6) is 0 Å². The number of carbonyl (C=O) groups is 2. The number of ether oxygens (including phenoxy) is 1. The average Bonchev–Trinajstić information content (AvgIpc) is 2.47. The number of hydrogen-bond acceptors (Lipinski definition) is 5. The molecule has 1 rings (SSSR count). The Morgan fingerprint density at radius 1 is 1.48 bits per heavy atom. The summed E-state index contributed by atoms with van der Waals surface area (Å²) in [5.41, 5.74) is 0.288. The lowest BCUT2D eigenvalue weighted by molar-refractivity contribution is -0.122. The van der Waals surface area contributed by atoms with Gasteiger partial charge in [0.25, 0.3) is 5.91 Å². The van der Waals surface area contributed by atoms with Crippen molar-refractivity contribution in [2.24, 2.45) is 0 Å². The number of hydrogen-bond donors (Lipinski definition) is 3. The molecule has 1 aromatic heterocycles. The normalized spacial score (nSPS) is 11.6. The molecule has 0 aromatic carbocycles. The van der Waals surface area contributed by atoms with E-state index in [1.165, 1.54) is 12.3 Å². The molecule has 0 spiro atoms. The molecule has 1 aromatic rings. The first-order valence-electron chi connectivity index (χ1n) is 6.40. The van der Waals surface area contributed by atoms with Gasteiger partial charge in [-0.15, -0.1) is 0 Å². The van der Waals surface area contributed by atoms with Crippen molar-refractivity contribution in [2.75, 3.05) is 32.6 Å². The Hall–Kier alpha value is -1.86. The molecule has 8 heteroatoms. The summed E-state index contributed by atoms with van der Waals surface area (Å²) in [4.78, 5) is 27.7. The van der Waals surface area contributed by atoms with Gasteiger partial charge < -0.3 is 20.7 Å². The smallest absolute Gasteiger partial charge is 0.253 e. The number of anilines is 1. The Labute approximate surface area is 128 Å². The van der Waals surface area contributed by atoms with Gasteiger partial charge in [0.1, 0.15) is 11.9 Å². The van der Waals surface area contributed by atoms with Crippen molar-refractivity contribution >= 4 is 29.2 Å². The highest BCUT2D eigenvalue weighted by molar-refractivity contribution is 6.33. The fourth-order valence-electron chi connectivity index (χ4n) is 1.52. The van der Waals surface area contributed by atoms with Crippen molar-refractivity contribution in [3.05, 3.63) is 22.8 Å². The van der Waals surface area contributed by atoms with Crippen LogP contribution in [-0.4, -0.2) is 50.1 Å². The van der Waals surface area contributed by atoms with Crippen LogP contribution >= 0.6 is 11.6 Å². The number of nitrogens with one attached hydrogen (secondary N) is 3. The van der Waals surface area contributed by atoms with E-state index in [1.807, 2.05) is 0 Å². The van der Waals surface area contributed by atoms with Crippen molar-refractivity contribution in [3.63, 3.8) is 0 Å². The molecule has 0 aliphatic carbocycles.